The SMILES string of the molecule is N#CC(C#N)=COCO. The lowest BCUT2D eigenvalue weighted by atomic mass is 10.4. The van der Waals surface area contributed by atoms with Crippen LogP contribution in [0.1, 0.15) is 0 Å². The summed E-state index contributed by atoms with van der Waals surface area (Å²) < 4.78 is 4.23. The lowest BCUT2D eigenvalue weighted by Crippen LogP contribution is -1.83. The third-order valence-electron chi connectivity index (χ3n) is 0.517. The minimum absolute atomic E-state index is 0.163. The first-order chi connectivity index (χ1) is 4.35. The van der Waals surface area contributed by atoms with Crippen molar-refractivity contribution in [2.45, 2.75) is 0 Å². The molecule has 0 fully saturated rings. The Labute approximate surface area is 52.2 Å². The number of nitriles is 2. The average molecular weight is 124 g/mol. The molecule has 0 amide bonds. The highest BCUT2D eigenvalue weighted by Gasteiger charge is 1.87. The summed E-state index contributed by atoms with van der Waals surface area (Å²) >= 11 is 0. The summed E-state index contributed by atoms with van der Waals surface area (Å²) in [4.78, 5) is 0. The Kier molecular flexibility index (Phi) is 3.85. The molecule has 46 valence electrons. The van der Waals surface area contributed by atoms with E-state index in [9.17, 15) is 0 Å². The second kappa shape index (κ2) is 4.63. The van der Waals surface area contributed by atoms with Crippen molar-refractivity contribution in [1.82, 2.24) is 0 Å². The maximum atomic E-state index is 8.05. The van der Waals surface area contributed by atoms with Gasteiger partial charge in [-0.1, -0.05) is 0 Å². The van der Waals surface area contributed by atoms with Gasteiger partial charge in [0.05, 0.1) is 0 Å². The fourth-order valence-electron chi connectivity index (χ4n) is 0.198. The van der Waals surface area contributed by atoms with E-state index < -0.39 is 6.79 Å². The van der Waals surface area contributed by atoms with Crippen LogP contribution in [0, 0.1) is 22.7 Å². The van der Waals surface area contributed by atoms with Crippen LogP contribution < -0.4 is 0 Å². The van der Waals surface area contributed by atoms with Gasteiger partial charge in [-0.2, -0.15) is 10.5 Å². The molecule has 0 saturated carbocycles. The van der Waals surface area contributed by atoms with Crippen LogP contribution in [0.15, 0.2) is 11.8 Å². The summed E-state index contributed by atoms with van der Waals surface area (Å²) in [5.74, 6) is 0. The van der Waals surface area contributed by atoms with E-state index in [-0.39, 0.29) is 5.57 Å². The molecule has 0 aliphatic carbocycles. The van der Waals surface area contributed by atoms with Crippen LogP contribution in [-0.2, 0) is 4.74 Å². The number of rotatable bonds is 2. The van der Waals surface area contributed by atoms with Gasteiger partial charge in [-0.25, -0.2) is 0 Å². The Morgan fingerprint density at radius 1 is 1.56 bits per heavy atom. The van der Waals surface area contributed by atoms with Gasteiger partial charge in [0.15, 0.2) is 12.4 Å². The summed E-state index contributed by atoms with van der Waals surface area (Å²) in [5.41, 5.74) is -0.163. The second-order valence-corrected chi connectivity index (χ2v) is 1.05. The molecule has 0 aromatic rings. The quantitative estimate of drug-likeness (QED) is 0.316. The molecular formula is C5H4N2O2. The van der Waals surface area contributed by atoms with Crippen molar-refractivity contribution < 1.29 is 9.84 Å². The number of aliphatic hydroxyl groups excluding tert-OH is 1. The molecule has 0 radical (unpaired) electrons. The maximum Gasteiger partial charge on any atom is 0.185 e. The first-order valence-corrected chi connectivity index (χ1v) is 2.08. The van der Waals surface area contributed by atoms with Crippen LogP contribution in [-0.4, -0.2) is 11.9 Å². The number of aliphatic hydroxyl groups is 1. The monoisotopic (exact) mass is 124 g/mol. The van der Waals surface area contributed by atoms with Crippen LogP contribution in [0.4, 0.5) is 0 Å². The molecule has 0 bridgehead atoms. The first kappa shape index (κ1) is 7.48. The van der Waals surface area contributed by atoms with Gasteiger partial charge in [-0.05, 0) is 0 Å². The molecule has 0 saturated heterocycles. The molecule has 0 spiro atoms. The summed E-state index contributed by atoms with van der Waals surface area (Å²) in [6.07, 6.45) is 0.903. The van der Waals surface area contributed by atoms with Gasteiger partial charge in [0.2, 0.25) is 0 Å². The van der Waals surface area contributed by atoms with Crippen LogP contribution in [0.3, 0.4) is 0 Å². The zero-order valence-corrected chi connectivity index (χ0v) is 4.53. The summed E-state index contributed by atoms with van der Waals surface area (Å²) in [5, 5.41) is 24.1. The Morgan fingerprint density at radius 3 is 2.44 bits per heavy atom. The molecule has 0 atom stereocenters. The predicted molar refractivity (Wildman–Crippen MR) is 27.5 cm³/mol. The van der Waals surface area contributed by atoms with Gasteiger partial charge >= 0.3 is 0 Å². The molecule has 9 heavy (non-hydrogen) atoms. The highest BCUT2D eigenvalue weighted by Crippen LogP contribution is 1.87. The Hall–Kier alpha value is -1.52. The Morgan fingerprint density at radius 2 is 2.11 bits per heavy atom. The Bertz CT molecular complexity index is 168. The number of ether oxygens (including phenoxy) is 1. The molecule has 0 aliphatic heterocycles. The lowest BCUT2D eigenvalue weighted by Gasteiger charge is -1.88. The van der Waals surface area contributed by atoms with E-state index in [0.29, 0.717) is 0 Å². The van der Waals surface area contributed by atoms with E-state index in [1.807, 2.05) is 0 Å². The maximum absolute atomic E-state index is 8.05. The van der Waals surface area contributed by atoms with Crippen LogP contribution >= 0.6 is 0 Å². The summed E-state index contributed by atoms with van der Waals surface area (Å²) in [6.45, 7) is -0.521. The first-order valence-electron chi connectivity index (χ1n) is 2.08. The summed E-state index contributed by atoms with van der Waals surface area (Å²) in [6, 6.07) is 3.10. The zero-order chi connectivity index (χ0) is 7.11. The van der Waals surface area contributed by atoms with E-state index in [1.165, 1.54) is 0 Å². The molecule has 0 unspecified atom stereocenters. The molecule has 0 heterocycles. The number of allylic oxidation sites excluding steroid dienone is 1. The van der Waals surface area contributed by atoms with Gasteiger partial charge < -0.3 is 9.84 Å². The topological polar surface area (TPSA) is 77.0 Å². The number of hydrogen-bond acceptors (Lipinski definition) is 4. The van der Waals surface area contributed by atoms with Gasteiger partial charge in [-0.15, -0.1) is 0 Å². The molecule has 0 aromatic heterocycles. The molecule has 4 heteroatoms. The van der Waals surface area contributed by atoms with Gasteiger partial charge in [0, 0.05) is 0 Å². The van der Waals surface area contributed by atoms with Crippen molar-refractivity contribution in [2.75, 3.05) is 6.79 Å². The minimum atomic E-state index is -0.521. The van der Waals surface area contributed by atoms with Crippen LogP contribution in [0.5, 0.6) is 0 Å². The van der Waals surface area contributed by atoms with Gasteiger partial charge in [-0.3, -0.25) is 0 Å². The summed E-state index contributed by atoms with van der Waals surface area (Å²) in [7, 11) is 0. The molecule has 0 rings (SSSR count). The second-order valence-electron chi connectivity index (χ2n) is 1.05. The highest BCUT2D eigenvalue weighted by molar-refractivity contribution is 5.33. The third-order valence-corrected chi connectivity index (χ3v) is 0.517. The number of nitrogens with zero attached hydrogens (tertiary/aromatic N) is 2. The molecule has 0 aliphatic rings. The largest absolute Gasteiger partial charge is 0.473 e. The van der Waals surface area contributed by atoms with Crippen LogP contribution in [0.2, 0.25) is 0 Å². The van der Waals surface area contributed by atoms with Crippen molar-refractivity contribution in [3.63, 3.8) is 0 Å². The minimum Gasteiger partial charge on any atom is -0.473 e. The molecule has 1 N–H and O–H groups in total. The molecule has 0 aromatic carbocycles. The Balaban J connectivity index is 3.85. The van der Waals surface area contributed by atoms with Crippen molar-refractivity contribution in [3.05, 3.63) is 11.8 Å². The van der Waals surface area contributed by atoms with E-state index in [4.69, 9.17) is 15.6 Å². The smallest absolute Gasteiger partial charge is 0.185 e. The van der Waals surface area contributed by atoms with Crippen molar-refractivity contribution in [2.24, 2.45) is 0 Å². The lowest BCUT2D eigenvalue weighted by molar-refractivity contribution is 0.0598. The average Bonchev–Trinajstić information content (AvgIpc) is 1.91. The molecule has 4 nitrogen and oxygen atoms in total. The van der Waals surface area contributed by atoms with Crippen molar-refractivity contribution in [1.29, 1.82) is 10.5 Å². The predicted octanol–water partition coefficient (Wildman–Crippen LogP) is -0.116. The van der Waals surface area contributed by atoms with E-state index in [2.05, 4.69) is 4.74 Å². The zero-order valence-electron chi connectivity index (χ0n) is 4.53. The van der Waals surface area contributed by atoms with Gasteiger partial charge in [0.25, 0.3) is 0 Å². The standard InChI is InChI=1S/C5H4N2O2/c6-1-5(2-7)3-9-4-8/h3,8H,4H2. The van der Waals surface area contributed by atoms with E-state index in [1.54, 1.807) is 12.1 Å². The normalized spacial score (nSPS) is 6.56. The third kappa shape index (κ3) is 3.10. The molecular weight excluding hydrogens is 120 g/mol. The highest BCUT2D eigenvalue weighted by atomic mass is 16.6. The number of hydrogen-bond donors (Lipinski definition) is 1. The van der Waals surface area contributed by atoms with Gasteiger partial charge in [0.1, 0.15) is 18.4 Å². The van der Waals surface area contributed by atoms with E-state index >= 15 is 0 Å². The fourth-order valence-corrected chi connectivity index (χ4v) is 0.198. The van der Waals surface area contributed by atoms with Crippen LogP contribution in [0.25, 0.3) is 0 Å². The van der Waals surface area contributed by atoms with Crippen molar-refractivity contribution >= 4 is 0 Å². The van der Waals surface area contributed by atoms with Crippen molar-refractivity contribution in [3.8, 4) is 12.1 Å². The van der Waals surface area contributed by atoms with E-state index in [0.717, 1.165) is 6.26 Å². The fraction of sp³-hybridized carbons (Fsp3) is 0.200.